The Morgan fingerprint density at radius 1 is 0.885 bits per heavy atom. The molecular formula is C20H14O6. The monoisotopic (exact) mass is 350 g/mol. The number of ketones is 2. The van der Waals surface area contributed by atoms with Crippen molar-refractivity contribution >= 4 is 22.3 Å². The standard InChI is InChI=1S/C20H14O6/c1-9-7-11-14(13(8-9)25-3)16-17(21)10-5-4-6-12(24-2)15(10)18(22)19(16)26-20(11)23/h4-8H,1-3H3. The zero-order valence-corrected chi connectivity index (χ0v) is 14.3. The highest BCUT2D eigenvalue weighted by Gasteiger charge is 2.37. The van der Waals surface area contributed by atoms with Gasteiger partial charge in [-0.3, -0.25) is 9.59 Å². The third-order valence-corrected chi connectivity index (χ3v) is 4.51. The average Bonchev–Trinajstić information content (AvgIpc) is 2.65. The van der Waals surface area contributed by atoms with Crippen LogP contribution in [0.3, 0.4) is 0 Å². The van der Waals surface area contributed by atoms with Gasteiger partial charge in [0, 0.05) is 10.9 Å². The second kappa shape index (κ2) is 5.56. The van der Waals surface area contributed by atoms with Crippen molar-refractivity contribution in [3.8, 4) is 11.5 Å². The van der Waals surface area contributed by atoms with Crippen molar-refractivity contribution in [2.75, 3.05) is 14.2 Å². The summed E-state index contributed by atoms with van der Waals surface area (Å²) in [4.78, 5) is 38.6. The molecule has 0 radical (unpaired) electrons. The summed E-state index contributed by atoms with van der Waals surface area (Å²) in [6.45, 7) is 1.80. The molecule has 0 saturated heterocycles. The molecule has 0 bridgehead atoms. The van der Waals surface area contributed by atoms with Crippen LogP contribution in [-0.2, 0) is 0 Å². The van der Waals surface area contributed by atoms with Crippen LogP contribution < -0.4 is 15.1 Å². The van der Waals surface area contributed by atoms with Crippen molar-refractivity contribution in [3.63, 3.8) is 0 Å². The van der Waals surface area contributed by atoms with Gasteiger partial charge in [-0.1, -0.05) is 12.1 Å². The summed E-state index contributed by atoms with van der Waals surface area (Å²) in [6, 6.07) is 8.09. The lowest BCUT2D eigenvalue weighted by molar-refractivity contribution is 0.0952. The van der Waals surface area contributed by atoms with Gasteiger partial charge in [0.1, 0.15) is 11.5 Å². The maximum absolute atomic E-state index is 13.2. The molecule has 0 unspecified atom stereocenters. The molecule has 6 heteroatoms. The molecule has 0 atom stereocenters. The van der Waals surface area contributed by atoms with E-state index >= 15 is 0 Å². The third kappa shape index (κ3) is 2.02. The zero-order valence-electron chi connectivity index (χ0n) is 14.3. The van der Waals surface area contributed by atoms with E-state index in [2.05, 4.69) is 0 Å². The largest absolute Gasteiger partial charge is 0.496 e. The Morgan fingerprint density at radius 3 is 2.31 bits per heavy atom. The minimum Gasteiger partial charge on any atom is -0.496 e. The second-order valence-electron chi connectivity index (χ2n) is 6.02. The molecule has 1 heterocycles. The molecule has 6 nitrogen and oxygen atoms in total. The number of aryl methyl sites for hydroxylation is 1. The van der Waals surface area contributed by atoms with Crippen LogP contribution in [-0.4, -0.2) is 25.8 Å². The molecule has 4 rings (SSSR count). The lowest BCUT2D eigenvalue weighted by atomic mass is 9.84. The lowest BCUT2D eigenvalue weighted by Gasteiger charge is -2.20. The summed E-state index contributed by atoms with van der Waals surface area (Å²) in [5, 5.41) is 0.490. The summed E-state index contributed by atoms with van der Waals surface area (Å²) in [7, 11) is 2.85. The van der Waals surface area contributed by atoms with Crippen molar-refractivity contribution in [2.24, 2.45) is 0 Å². The molecule has 0 spiro atoms. The van der Waals surface area contributed by atoms with Gasteiger partial charge in [-0.25, -0.2) is 4.79 Å². The fourth-order valence-electron chi connectivity index (χ4n) is 3.39. The molecule has 1 aliphatic carbocycles. The van der Waals surface area contributed by atoms with Gasteiger partial charge in [0.2, 0.25) is 5.78 Å². The molecule has 1 aliphatic rings. The maximum atomic E-state index is 13.2. The minimum atomic E-state index is -0.694. The van der Waals surface area contributed by atoms with E-state index in [0.29, 0.717) is 5.75 Å². The van der Waals surface area contributed by atoms with Gasteiger partial charge in [0.05, 0.1) is 30.7 Å². The van der Waals surface area contributed by atoms with E-state index in [-0.39, 0.29) is 39.0 Å². The van der Waals surface area contributed by atoms with Crippen molar-refractivity contribution in [3.05, 3.63) is 68.8 Å². The predicted octanol–water partition coefficient (Wildman–Crippen LogP) is 2.89. The molecule has 0 fully saturated rings. The number of hydrogen-bond donors (Lipinski definition) is 0. The number of benzene rings is 2. The summed E-state index contributed by atoms with van der Waals surface area (Å²) < 4.78 is 15.9. The van der Waals surface area contributed by atoms with Gasteiger partial charge in [0.25, 0.3) is 0 Å². The van der Waals surface area contributed by atoms with Crippen LogP contribution in [0.1, 0.15) is 37.6 Å². The fraction of sp³-hybridized carbons (Fsp3) is 0.150. The lowest BCUT2D eigenvalue weighted by Crippen LogP contribution is -2.24. The number of methoxy groups -OCH3 is 2. The number of fused-ring (bicyclic) bond motifs is 4. The number of rotatable bonds is 2. The highest BCUT2D eigenvalue weighted by molar-refractivity contribution is 6.32. The van der Waals surface area contributed by atoms with Crippen LogP contribution >= 0.6 is 0 Å². The Balaban J connectivity index is 2.18. The minimum absolute atomic E-state index is 0.0437. The molecule has 3 aromatic rings. The normalized spacial score (nSPS) is 12.7. The number of carbonyl (C=O) groups is 2. The number of ether oxygens (including phenoxy) is 2. The Morgan fingerprint density at radius 2 is 1.62 bits per heavy atom. The van der Waals surface area contributed by atoms with Gasteiger partial charge in [-0.2, -0.15) is 0 Å². The average molecular weight is 350 g/mol. The van der Waals surface area contributed by atoms with Crippen molar-refractivity contribution in [2.45, 2.75) is 6.92 Å². The van der Waals surface area contributed by atoms with Crippen LogP contribution in [0, 0.1) is 6.92 Å². The third-order valence-electron chi connectivity index (χ3n) is 4.51. The Kier molecular flexibility index (Phi) is 3.44. The number of hydrogen-bond acceptors (Lipinski definition) is 6. The van der Waals surface area contributed by atoms with Gasteiger partial charge in [-0.05, 0) is 30.7 Å². The molecular weight excluding hydrogens is 336 g/mol. The molecule has 0 N–H and O–H groups in total. The SMILES string of the molecule is COc1cccc2c1C(=O)c1oc(=O)c3cc(C)cc(OC)c3c1C2=O. The van der Waals surface area contributed by atoms with Gasteiger partial charge in [0.15, 0.2) is 11.5 Å². The molecule has 1 aromatic heterocycles. The topological polar surface area (TPSA) is 82.8 Å². The fourth-order valence-corrected chi connectivity index (χ4v) is 3.39. The summed E-state index contributed by atoms with van der Waals surface area (Å²) in [6.07, 6.45) is 0. The Labute approximate surface area is 148 Å². The van der Waals surface area contributed by atoms with Crippen LogP contribution in [0.2, 0.25) is 0 Å². The van der Waals surface area contributed by atoms with Crippen LogP contribution in [0.15, 0.2) is 39.5 Å². The Hall–Kier alpha value is -3.41. The Bertz CT molecular complexity index is 1170. The quantitative estimate of drug-likeness (QED) is 0.553. The first kappa shape index (κ1) is 16.1. The van der Waals surface area contributed by atoms with E-state index in [0.717, 1.165) is 5.56 Å². The van der Waals surface area contributed by atoms with Crippen molar-refractivity contribution in [1.29, 1.82) is 0 Å². The highest BCUT2D eigenvalue weighted by Crippen LogP contribution is 2.38. The van der Waals surface area contributed by atoms with Gasteiger partial charge in [-0.15, -0.1) is 0 Å². The number of carbonyl (C=O) groups excluding carboxylic acids is 2. The van der Waals surface area contributed by atoms with E-state index < -0.39 is 17.2 Å². The predicted molar refractivity (Wildman–Crippen MR) is 93.6 cm³/mol. The summed E-state index contributed by atoms with van der Waals surface area (Å²) >= 11 is 0. The zero-order chi connectivity index (χ0) is 18.6. The first-order chi connectivity index (χ1) is 12.5. The summed E-state index contributed by atoms with van der Waals surface area (Å²) in [5.74, 6) is -0.661. The van der Waals surface area contributed by atoms with E-state index in [4.69, 9.17) is 13.9 Å². The van der Waals surface area contributed by atoms with E-state index in [1.807, 2.05) is 0 Å². The van der Waals surface area contributed by atoms with Crippen molar-refractivity contribution < 1.29 is 23.5 Å². The maximum Gasteiger partial charge on any atom is 0.344 e. The molecule has 0 saturated carbocycles. The van der Waals surface area contributed by atoms with Crippen LogP contribution in [0.4, 0.5) is 0 Å². The first-order valence-electron chi connectivity index (χ1n) is 7.89. The van der Waals surface area contributed by atoms with E-state index in [9.17, 15) is 14.4 Å². The van der Waals surface area contributed by atoms with Gasteiger partial charge < -0.3 is 13.9 Å². The van der Waals surface area contributed by atoms with E-state index in [1.165, 1.54) is 14.2 Å². The van der Waals surface area contributed by atoms with Crippen LogP contribution in [0.5, 0.6) is 11.5 Å². The van der Waals surface area contributed by atoms with Crippen LogP contribution in [0.25, 0.3) is 10.8 Å². The smallest absolute Gasteiger partial charge is 0.344 e. The molecule has 0 amide bonds. The highest BCUT2D eigenvalue weighted by atomic mass is 16.5. The second-order valence-corrected chi connectivity index (χ2v) is 6.02. The van der Waals surface area contributed by atoms with Gasteiger partial charge >= 0.3 is 5.63 Å². The molecule has 130 valence electrons. The van der Waals surface area contributed by atoms with E-state index in [1.54, 1.807) is 37.3 Å². The van der Waals surface area contributed by atoms with Crippen molar-refractivity contribution in [1.82, 2.24) is 0 Å². The first-order valence-corrected chi connectivity index (χ1v) is 7.89. The molecule has 0 aliphatic heterocycles. The summed E-state index contributed by atoms with van der Waals surface area (Å²) in [5.41, 5.74) is 0.432. The molecule has 26 heavy (non-hydrogen) atoms. The molecule has 2 aromatic carbocycles.